The Morgan fingerprint density at radius 1 is 1.89 bits per heavy atom. The van der Waals surface area contributed by atoms with Gasteiger partial charge in [0.2, 0.25) is 5.91 Å². The summed E-state index contributed by atoms with van der Waals surface area (Å²) in [5, 5.41) is 3.69. The zero-order valence-corrected chi connectivity index (χ0v) is 6.99. The van der Waals surface area contributed by atoms with Crippen LogP contribution < -0.4 is 5.32 Å². The summed E-state index contributed by atoms with van der Waals surface area (Å²) in [4.78, 5) is 10.7. The highest BCUT2D eigenvalue weighted by atomic mass is 79.9. The third-order valence-corrected chi connectivity index (χ3v) is 2.98. The van der Waals surface area contributed by atoms with Gasteiger partial charge in [0.25, 0.3) is 0 Å². The SMILES string of the molecule is C[C@]1(CBr)CNC(=O)C1. The van der Waals surface area contributed by atoms with E-state index in [1.807, 2.05) is 0 Å². The lowest BCUT2D eigenvalue weighted by Gasteiger charge is -2.15. The molecule has 0 aliphatic carbocycles. The van der Waals surface area contributed by atoms with Gasteiger partial charge in [0.15, 0.2) is 0 Å². The fourth-order valence-corrected chi connectivity index (χ4v) is 1.32. The van der Waals surface area contributed by atoms with Crippen LogP contribution in [0.5, 0.6) is 0 Å². The van der Waals surface area contributed by atoms with Gasteiger partial charge in [-0.2, -0.15) is 0 Å². The fourth-order valence-electron chi connectivity index (χ4n) is 0.919. The van der Waals surface area contributed by atoms with Crippen molar-refractivity contribution in [3.8, 4) is 0 Å². The molecule has 9 heavy (non-hydrogen) atoms. The highest BCUT2D eigenvalue weighted by Gasteiger charge is 2.32. The Morgan fingerprint density at radius 2 is 2.56 bits per heavy atom. The third-order valence-electron chi connectivity index (χ3n) is 1.62. The number of amides is 1. The predicted molar refractivity (Wildman–Crippen MR) is 39.5 cm³/mol. The van der Waals surface area contributed by atoms with Crippen molar-refractivity contribution in [2.45, 2.75) is 13.3 Å². The Morgan fingerprint density at radius 3 is 2.78 bits per heavy atom. The highest BCUT2D eigenvalue weighted by Crippen LogP contribution is 2.26. The zero-order chi connectivity index (χ0) is 6.91. The van der Waals surface area contributed by atoms with Gasteiger partial charge in [-0.15, -0.1) is 0 Å². The van der Waals surface area contributed by atoms with Crippen molar-refractivity contribution < 1.29 is 4.79 Å². The molecule has 0 aromatic heterocycles. The summed E-state index contributed by atoms with van der Waals surface area (Å²) in [5.74, 6) is 0.178. The normalized spacial score (nSPS) is 34.7. The molecule has 1 aliphatic heterocycles. The van der Waals surface area contributed by atoms with Crippen LogP contribution in [-0.4, -0.2) is 17.8 Å². The highest BCUT2D eigenvalue weighted by molar-refractivity contribution is 9.09. The number of rotatable bonds is 1. The second-order valence-electron chi connectivity index (χ2n) is 2.90. The second-order valence-corrected chi connectivity index (χ2v) is 3.46. The van der Waals surface area contributed by atoms with Crippen LogP contribution in [0.1, 0.15) is 13.3 Å². The molecule has 1 heterocycles. The maximum atomic E-state index is 10.7. The lowest BCUT2D eigenvalue weighted by molar-refractivity contribution is -0.119. The molecule has 3 heteroatoms. The molecule has 1 saturated heterocycles. The van der Waals surface area contributed by atoms with Crippen LogP contribution >= 0.6 is 15.9 Å². The number of alkyl halides is 1. The lowest BCUT2D eigenvalue weighted by Crippen LogP contribution is -2.21. The Labute approximate surface area is 63.1 Å². The van der Waals surface area contributed by atoms with Gasteiger partial charge in [-0.25, -0.2) is 0 Å². The molecule has 52 valence electrons. The number of carbonyl (C=O) groups is 1. The molecule has 0 radical (unpaired) electrons. The number of halogens is 1. The van der Waals surface area contributed by atoms with Gasteiger partial charge in [0.1, 0.15) is 0 Å². The van der Waals surface area contributed by atoms with Gasteiger partial charge >= 0.3 is 0 Å². The van der Waals surface area contributed by atoms with Gasteiger partial charge in [0.05, 0.1) is 0 Å². The van der Waals surface area contributed by atoms with Crippen molar-refractivity contribution in [2.24, 2.45) is 5.41 Å². The van der Waals surface area contributed by atoms with E-state index in [-0.39, 0.29) is 11.3 Å². The molecule has 0 bridgehead atoms. The monoisotopic (exact) mass is 191 g/mol. The first kappa shape index (κ1) is 7.06. The van der Waals surface area contributed by atoms with Crippen LogP contribution in [-0.2, 0) is 4.79 Å². The summed E-state index contributed by atoms with van der Waals surface area (Å²) in [6.45, 7) is 2.91. The quantitative estimate of drug-likeness (QED) is 0.614. The number of carbonyl (C=O) groups excluding carboxylic acids is 1. The van der Waals surface area contributed by atoms with E-state index in [2.05, 4.69) is 28.2 Å². The summed E-state index contributed by atoms with van der Waals surface area (Å²) in [7, 11) is 0. The summed E-state index contributed by atoms with van der Waals surface area (Å²) in [6, 6.07) is 0. The van der Waals surface area contributed by atoms with Crippen LogP contribution in [0.15, 0.2) is 0 Å². The van der Waals surface area contributed by atoms with Crippen molar-refractivity contribution in [1.82, 2.24) is 5.32 Å². The van der Waals surface area contributed by atoms with Crippen molar-refractivity contribution in [1.29, 1.82) is 0 Å². The topological polar surface area (TPSA) is 29.1 Å². The van der Waals surface area contributed by atoms with Gasteiger partial charge < -0.3 is 5.32 Å². The third kappa shape index (κ3) is 1.45. The molecule has 1 atom stereocenters. The summed E-state index contributed by atoms with van der Waals surface area (Å²) in [5.41, 5.74) is 0.164. The fraction of sp³-hybridized carbons (Fsp3) is 0.833. The first-order valence-electron chi connectivity index (χ1n) is 2.99. The maximum Gasteiger partial charge on any atom is 0.220 e. The van der Waals surface area contributed by atoms with Crippen molar-refractivity contribution >= 4 is 21.8 Å². The molecule has 0 aromatic rings. The van der Waals surface area contributed by atoms with Gasteiger partial charge in [-0.05, 0) is 0 Å². The summed E-state index contributed by atoms with van der Waals surface area (Å²) in [6.07, 6.45) is 0.665. The van der Waals surface area contributed by atoms with E-state index in [1.54, 1.807) is 0 Å². The second kappa shape index (κ2) is 2.29. The molecule has 2 nitrogen and oxygen atoms in total. The van der Waals surface area contributed by atoms with E-state index in [9.17, 15) is 4.79 Å². The molecule has 0 unspecified atom stereocenters. The summed E-state index contributed by atoms with van der Waals surface area (Å²) < 4.78 is 0. The molecular weight excluding hydrogens is 182 g/mol. The van der Waals surface area contributed by atoms with Crippen LogP contribution in [0.3, 0.4) is 0 Å². The molecule has 1 aliphatic rings. The maximum absolute atomic E-state index is 10.7. The molecule has 1 rings (SSSR count). The van der Waals surface area contributed by atoms with E-state index in [0.717, 1.165) is 11.9 Å². The Hall–Kier alpha value is -0.0500. The van der Waals surface area contributed by atoms with Gasteiger partial charge in [0, 0.05) is 23.7 Å². The lowest BCUT2D eigenvalue weighted by atomic mass is 9.93. The van der Waals surface area contributed by atoms with Crippen molar-refractivity contribution in [3.63, 3.8) is 0 Å². The smallest absolute Gasteiger partial charge is 0.220 e. The minimum absolute atomic E-state index is 0.164. The first-order chi connectivity index (χ1) is 4.16. The van der Waals surface area contributed by atoms with Crippen LogP contribution in [0, 0.1) is 5.41 Å². The van der Waals surface area contributed by atoms with Crippen LogP contribution in [0.4, 0.5) is 0 Å². The molecule has 0 aromatic carbocycles. The van der Waals surface area contributed by atoms with Crippen LogP contribution in [0.2, 0.25) is 0 Å². The summed E-state index contributed by atoms with van der Waals surface area (Å²) >= 11 is 3.37. The Balaban J connectivity index is 2.54. The average molecular weight is 192 g/mol. The van der Waals surface area contributed by atoms with Gasteiger partial charge in [-0.1, -0.05) is 22.9 Å². The van der Waals surface area contributed by atoms with E-state index in [1.165, 1.54) is 0 Å². The van der Waals surface area contributed by atoms with Gasteiger partial charge in [-0.3, -0.25) is 4.79 Å². The van der Waals surface area contributed by atoms with E-state index in [4.69, 9.17) is 0 Å². The van der Waals surface area contributed by atoms with E-state index in [0.29, 0.717) is 6.42 Å². The zero-order valence-electron chi connectivity index (χ0n) is 5.41. The van der Waals surface area contributed by atoms with E-state index >= 15 is 0 Å². The minimum atomic E-state index is 0.164. The number of hydrogen-bond acceptors (Lipinski definition) is 1. The number of hydrogen-bond donors (Lipinski definition) is 1. The standard InChI is InChI=1S/C6H10BrNO/c1-6(3-7)2-5(9)8-4-6/h2-4H2,1H3,(H,8,9)/t6-/m0/s1. The van der Waals surface area contributed by atoms with Crippen molar-refractivity contribution in [3.05, 3.63) is 0 Å². The molecular formula is C6H10BrNO. The van der Waals surface area contributed by atoms with Crippen molar-refractivity contribution in [2.75, 3.05) is 11.9 Å². The van der Waals surface area contributed by atoms with E-state index < -0.39 is 0 Å². The largest absolute Gasteiger partial charge is 0.355 e. The molecule has 1 amide bonds. The number of nitrogens with one attached hydrogen (secondary N) is 1. The molecule has 1 fully saturated rings. The minimum Gasteiger partial charge on any atom is -0.355 e. The predicted octanol–water partition coefficient (Wildman–Crippen LogP) is 0.907. The van der Waals surface area contributed by atoms with Crippen LogP contribution in [0.25, 0.3) is 0 Å². The Bertz CT molecular complexity index is 137. The molecule has 0 spiro atoms. The average Bonchev–Trinajstić information content (AvgIpc) is 2.13. The molecule has 0 saturated carbocycles. The first-order valence-corrected chi connectivity index (χ1v) is 4.11. The Kier molecular flexibility index (Phi) is 1.80. The molecule has 1 N–H and O–H groups in total.